The number of carbonyl (C=O) groups excluding carboxylic acids is 1. The lowest BCUT2D eigenvalue weighted by molar-refractivity contribution is -0.274. The fourth-order valence-electron chi connectivity index (χ4n) is 1.86. The van der Waals surface area contributed by atoms with Crippen LogP contribution in [0.25, 0.3) is 11.0 Å². The molecule has 132 valence electrons. The summed E-state index contributed by atoms with van der Waals surface area (Å²) in [7, 11) is 1.39. The molecule has 0 saturated heterocycles. The third kappa shape index (κ3) is 4.56. The number of halogens is 4. The molecule has 0 N–H and O–H groups in total. The number of amides is 1. The van der Waals surface area contributed by atoms with E-state index in [1.54, 1.807) is 26.8 Å². The van der Waals surface area contributed by atoms with E-state index in [-0.39, 0.29) is 11.5 Å². The van der Waals surface area contributed by atoms with Crippen molar-refractivity contribution in [1.29, 1.82) is 0 Å². The number of alkyl halides is 3. The Morgan fingerprint density at radius 2 is 1.83 bits per heavy atom. The van der Waals surface area contributed by atoms with E-state index in [4.69, 9.17) is 9.15 Å². The zero-order valence-corrected chi connectivity index (χ0v) is 14.9. The molecule has 5 nitrogen and oxygen atoms in total. The fraction of sp³-hybridized carbons (Fsp3) is 0.400. The highest BCUT2D eigenvalue weighted by atomic mass is 79.9. The van der Waals surface area contributed by atoms with E-state index in [1.165, 1.54) is 13.1 Å². The van der Waals surface area contributed by atoms with Gasteiger partial charge in [0.25, 0.3) is 0 Å². The molecule has 1 heterocycles. The maximum Gasteiger partial charge on any atom is 0.573 e. The number of nitrogens with zero attached hydrogens (tertiary/aromatic N) is 1. The van der Waals surface area contributed by atoms with Crippen LogP contribution in [0.1, 0.15) is 20.8 Å². The van der Waals surface area contributed by atoms with Gasteiger partial charge in [-0.15, -0.1) is 13.2 Å². The van der Waals surface area contributed by atoms with Crippen molar-refractivity contribution in [2.75, 3.05) is 11.9 Å². The summed E-state index contributed by atoms with van der Waals surface area (Å²) in [4.78, 5) is 13.1. The average Bonchev–Trinajstić information content (AvgIpc) is 2.77. The number of carbonyl (C=O) groups is 1. The first kappa shape index (κ1) is 18.4. The molecule has 0 unspecified atom stereocenters. The van der Waals surface area contributed by atoms with E-state index in [9.17, 15) is 18.0 Å². The third-order valence-electron chi connectivity index (χ3n) is 2.76. The Morgan fingerprint density at radius 3 is 2.38 bits per heavy atom. The highest BCUT2D eigenvalue weighted by molar-refractivity contribution is 9.10. The monoisotopic (exact) mass is 409 g/mol. The van der Waals surface area contributed by atoms with Crippen LogP contribution in [0, 0.1) is 0 Å². The van der Waals surface area contributed by atoms with E-state index in [2.05, 4.69) is 20.7 Å². The van der Waals surface area contributed by atoms with Gasteiger partial charge in [-0.25, -0.2) is 4.79 Å². The van der Waals surface area contributed by atoms with Crippen molar-refractivity contribution in [2.45, 2.75) is 32.7 Å². The molecule has 0 spiro atoms. The Labute approximate surface area is 144 Å². The van der Waals surface area contributed by atoms with Crippen LogP contribution >= 0.6 is 15.9 Å². The average molecular weight is 410 g/mol. The van der Waals surface area contributed by atoms with Gasteiger partial charge in [-0.2, -0.15) is 0 Å². The molecule has 0 aliphatic carbocycles. The summed E-state index contributed by atoms with van der Waals surface area (Å²) < 4.78 is 52.5. The van der Waals surface area contributed by atoms with Gasteiger partial charge in [0.05, 0.1) is 0 Å². The molecule has 1 amide bonds. The van der Waals surface area contributed by atoms with Crippen molar-refractivity contribution >= 4 is 38.9 Å². The molecule has 1 aromatic heterocycles. The van der Waals surface area contributed by atoms with E-state index < -0.39 is 23.8 Å². The SMILES string of the molecule is CN(C(=O)OC(C)(C)C)c1cc2cc(Br)cc(OC(F)(F)F)c2o1. The first-order valence-corrected chi connectivity index (χ1v) is 7.60. The van der Waals surface area contributed by atoms with Gasteiger partial charge in [-0.3, -0.25) is 4.90 Å². The Morgan fingerprint density at radius 1 is 1.21 bits per heavy atom. The largest absolute Gasteiger partial charge is 0.573 e. The minimum absolute atomic E-state index is 0.0318. The first-order valence-electron chi connectivity index (χ1n) is 6.81. The van der Waals surface area contributed by atoms with Crippen molar-refractivity contribution < 1.29 is 31.9 Å². The molecule has 0 aliphatic heterocycles. The van der Waals surface area contributed by atoms with Gasteiger partial charge in [-0.1, -0.05) is 15.9 Å². The minimum atomic E-state index is -4.86. The second kappa shape index (κ2) is 6.19. The molecule has 0 radical (unpaired) electrons. The zero-order valence-electron chi connectivity index (χ0n) is 13.3. The highest BCUT2D eigenvalue weighted by Gasteiger charge is 2.33. The van der Waals surface area contributed by atoms with Crippen molar-refractivity contribution in [3.8, 4) is 5.75 Å². The molecule has 0 bridgehead atoms. The predicted molar refractivity (Wildman–Crippen MR) is 85.2 cm³/mol. The number of hydrogen-bond acceptors (Lipinski definition) is 4. The van der Waals surface area contributed by atoms with Gasteiger partial charge < -0.3 is 13.9 Å². The number of ether oxygens (including phenoxy) is 2. The van der Waals surface area contributed by atoms with E-state index >= 15 is 0 Å². The maximum atomic E-state index is 12.5. The second-order valence-electron chi connectivity index (χ2n) is 5.99. The van der Waals surface area contributed by atoms with Gasteiger partial charge in [-0.05, 0) is 32.9 Å². The zero-order chi connectivity index (χ0) is 18.3. The summed E-state index contributed by atoms with van der Waals surface area (Å²) in [6, 6.07) is 4.11. The normalized spacial score (nSPS) is 12.3. The summed E-state index contributed by atoms with van der Waals surface area (Å²) in [6.45, 7) is 5.09. The number of furan rings is 1. The number of anilines is 1. The van der Waals surface area contributed by atoms with Crippen LogP contribution in [0.5, 0.6) is 5.75 Å². The number of fused-ring (bicyclic) bond motifs is 1. The lowest BCUT2D eigenvalue weighted by Gasteiger charge is -2.23. The van der Waals surface area contributed by atoms with E-state index in [1.807, 2.05) is 0 Å². The minimum Gasteiger partial charge on any atom is -0.443 e. The van der Waals surface area contributed by atoms with E-state index in [0.717, 1.165) is 11.0 Å². The molecule has 24 heavy (non-hydrogen) atoms. The molecule has 2 aromatic rings. The van der Waals surface area contributed by atoms with Gasteiger partial charge in [0.1, 0.15) is 5.60 Å². The van der Waals surface area contributed by atoms with Gasteiger partial charge in [0, 0.05) is 23.0 Å². The summed E-state index contributed by atoms with van der Waals surface area (Å²) in [5.74, 6) is -0.472. The summed E-state index contributed by atoms with van der Waals surface area (Å²) in [5, 5.41) is 0.342. The highest BCUT2D eigenvalue weighted by Crippen LogP contribution is 2.38. The van der Waals surface area contributed by atoms with Crippen LogP contribution in [0.15, 0.2) is 27.1 Å². The smallest absolute Gasteiger partial charge is 0.443 e. The second-order valence-corrected chi connectivity index (χ2v) is 6.91. The molecule has 9 heteroatoms. The van der Waals surface area contributed by atoms with Crippen molar-refractivity contribution in [2.24, 2.45) is 0 Å². The van der Waals surface area contributed by atoms with Crippen molar-refractivity contribution in [1.82, 2.24) is 0 Å². The topological polar surface area (TPSA) is 51.9 Å². The molecular formula is C15H15BrF3NO4. The lowest BCUT2D eigenvalue weighted by atomic mass is 10.2. The Bertz CT molecular complexity index is 764. The van der Waals surface area contributed by atoms with Crippen LogP contribution in [-0.2, 0) is 4.74 Å². The standard InChI is InChI=1S/C15H15BrF3NO4/c1-14(2,3)24-13(21)20(4)11-6-8-5-9(16)7-10(12(8)22-11)23-15(17,18)19/h5-7H,1-4H3. The number of rotatable bonds is 2. The van der Waals surface area contributed by atoms with Crippen LogP contribution in [0.4, 0.5) is 23.8 Å². The van der Waals surface area contributed by atoms with E-state index in [0.29, 0.717) is 9.86 Å². The molecule has 0 saturated carbocycles. The third-order valence-corrected chi connectivity index (χ3v) is 3.22. The lowest BCUT2D eigenvalue weighted by Crippen LogP contribution is -2.33. The molecule has 0 fully saturated rings. The number of benzene rings is 1. The molecule has 0 atom stereocenters. The Hall–Kier alpha value is -1.90. The number of hydrogen-bond donors (Lipinski definition) is 0. The summed E-state index contributed by atoms with van der Waals surface area (Å²) in [6.07, 6.45) is -5.56. The van der Waals surface area contributed by atoms with Crippen LogP contribution < -0.4 is 9.64 Å². The molecule has 0 aliphatic rings. The van der Waals surface area contributed by atoms with Crippen LogP contribution in [0.2, 0.25) is 0 Å². The molecule has 2 rings (SSSR count). The molecular weight excluding hydrogens is 395 g/mol. The van der Waals surface area contributed by atoms with Crippen molar-refractivity contribution in [3.05, 3.63) is 22.7 Å². The van der Waals surface area contributed by atoms with Gasteiger partial charge in [0.2, 0.25) is 5.88 Å². The summed E-state index contributed by atoms with van der Waals surface area (Å²) >= 11 is 3.11. The Balaban J connectivity index is 2.40. The van der Waals surface area contributed by atoms with Crippen LogP contribution in [-0.4, -0.2) is 25.1 Å². The summed E-state index contributed by atoms with van der Waals surface area (Å²) in [5.41, 5.74) is -0.841. The molecule has 1 aromatic carbocycles. The van der Waals surface area contributed by atoms with Crippen LogP contribution in [0.3, 0.4) is 0 Å². The van der Waals surface area contributed by atoms with Crippen molar-refractivity contribution in [3.63, 3.8) is 0 Å². The maximum absolute atomic E-state index is 12.5. The quantitative estimate of drug-likeness (QED) is 0.660. The first-order chi connectivity index (χ1) is 10.9. The fourth-order valence-corrected chi connectivity index (χ4v) is 2.31. The van der Waals surface area contributed by atoms with Gasteiger partial charge in [0.15, 0.2) is 11.3 Å². The Kier molecular flexibility index (Phi) is 4.76. The van der Waals surface area contributed by atoms with Gasteiger partial charge >= 0.3 is 12.5 Å². The predicted octanol–water partition coefficient (Wildman–Crippen LogP) is 5.47.